The van der Waals surface area contributed by atoms with E-state index in [2.05, 4.69) is 4.90 Å². The highest BCUT2D eigenvalue weighted by Crippen LogP contribution is 2.13. The molecule has 1 aromatic carbocycles. The summed E-state index contributed by atoms with van der Waals surface area (Å²) in [6.07, 6.45) is 2.82. The van der Waals surface area contributed by atoms with Gasteiger partial charge in [0.15, 0.2) is 0 Å². The zero-order valence-electron chi connectivity index (χ0n) is 14.3. The molecular formula is C19H24N3O3+. The number of piperazine rings is 1. The van der Waals surface area contributed by atoms with Crippen molar-refractivity contribution in [1.29, 1.82) is 0 Å². The molecule has 1 aromatic heterocycles. The summed E-state index contributed by atoms with van der Waals surface area (Å²) < 4.78 is 6.75. The monoisotopic (exact) mass is 342 g/mol. The van der Waals surface area contributed by atoms with E-state index in [1.54, 1.807) is 12.3 Å². The summed E-state index contributed by atoms with van der Waals surface area (Å²) in [6.45, 7) is 3.33. The average molecular weight is 342 g/mol. The number of nitrogens with zero attached hydrogens (tertiary/aromatic N) is 3. The fourth-order valence-electron chi connectivity index (χ4n) is 2.95. The second-order valence-electron chi connectivity index (χ2n) is 6.04. The number of ether oxygens (including phenoxy) is 1. The maximum Gasteiger partial charge on any atom is 0.316 e. The van der Waals surface area contributed by atoms with Gasteiger partial charge in [-0.15, -0.1) is 0 Å². The lowest BCUT2D eigenvalue weighted by Crippen LogP contribution is -2.52. The van der Waals surface area contributed by atoms with Gasteiger partial charge in [0.1, 0.15) is 25.0 Å². The predicted octanol–water partition coefficient (Wildman–Crippen LogP) is 1.72. The van der Waals surface area contributed by atoms with Gasteiger partial charge < -0.3 is 14.8 Å². The summed E-state index contributed by atoms with van der Waals surface area (Å²) in [6, 6.07) is 15.2. The number of anilines is 1. The zero-order chi connectivity index (χ0) is 17.5. The molecule has 1 amide bonds. The van der Waals surface area contributed by atoms with Gasteiger partial charge in [-0.25, -0.2) is 0 Å². The van der Waals surface area contributed by atoms with E-state index in [4.69, 9.17) is 4.74 Å². The third-order valence-electron chi connectivity index (χ3n) is 4.32. The maximum atomic E-state index is 12.3. The smallest absolute Gasteiger partial charge is 0.316 e. The first-order chi connectivity index (χ1) is 12.2. The van der Waals surface area contributed by atoms with Gasteiger partial charge in [0.25, 0.3) is 0 Å². The minimum absolute atomic E-state index is 0.168. The van der Waals surface area contributed by atoms with Crippen LogP contribution in [-0.4, -0.2) is 48.8 Å². The molecule has 0 bridgehead atoms. The quantitative estimate of drug-likeness (QED) is 0.493. The molecule has 0 aliphatic carbocycles. The second-order valence-corrected chi connectivity index (χ2v) is 6.04. The Kier molecular flexibility index (Phi) is 5.72. The van der Waals surface area contributed by atoms with Gasteiger partial charge in [-0.2, -0.15) is 0 Å². The Morgan fingerprint density at radius 3 is 2.48 bits per heavy atom. The number of pyridine rings is 1. The molecule has 25 heavy (non-hydrogen) atoms. The number of para-hydroxylation sites is 1. The molecule has 132 valence electrons. The molecule has 0 unspecified atom stereocenters. The Balaban J connectivity index is 1.39. The van der Waals surface area contributed by atoms with Crippen LogP contribution in [0, 0.1) is 0 Å². The van der Waals surface area contributed by atoms with E-state index < -0.39 is 0 Å². The van der Waals surface area contributed by atoms with E-state index in [9.17, 15) is 10.0 Å². The Hall–Kier alpha value is -2.76. The van der Waals surface area contributed by atoms with Crippen molar-refractivity contribution in [2.24, 2.45) is 0 Å². The van der Waals surface area contributed by atoms with Gasteiger partial charge in [-0.1, -0.05) is 29.0 Å². The van der Waals surface area contributed by atoms with Crippen LogP contribution in [0.3, 0.4) is 0 Å². The maximum absolute atomic E-state index is 12.3. The molecule has 6 heteroatoms. The first kappa shape index (κ1) is 17.1. The van der Waals surface area contributed by atoms with E-state index in [0.717, 1.165) is 29.4 Å². The highest BCUT2D eigenvalue weighted by atomic mass is 16.5. The molecule has 0 spiro atoms. The molecule has 0 radical (unpaired) electrons. The van der Waals surface area contributed by atoms with Crippen molar-refractivity contribution in [1.82, 2.24) is 4.90 Å². The first-order valence-electron chi connectivity index (χ1n) is 8.64. The van der Waals surface area contributed by atoms with E-state index in [0.29, 0.717) is 32.5 Å². The molecule has 1 aliphatic heterocycles. The second kappa shape index (κ2) is 8.37. The van der Waals surface area contributed by atoms with Crippen LogP contribution in [-0.2, 0) is 4.79 Å². The molecule has 0 saturated carbocycles. The van der Waals surface area contributed by atoms with Crippen LogP contribution in [0.2, 0.25) is 0 Å². The summed E-state index contributed by atoms with van der Waals surface area (Å²) in [5.74, 6) is 1.76. The van der Waals surface area contributed by atoms with Gasteiger partial charge in [0.2, 0.25) is 5.91 Å². The highest BCUT2D eigenvalue weighted by Gasteiger charge is 2.27. The van der Waals surface area contributed by atoms with Crippen molar-refractivity contribution in [3.8, 4) is 5.75 Å². The molecule has 2 heterocycles. The average Bonchev–Trinajstić information content (AvgIpc) is 2.66. The SMILES string of the molecule is O=C(CCCOc1ccccc1)N1CCN(c2cccc[n+]2O)CC1. The fraction of sp³-hybridized carbons (Fsp3) is 0.368. The van der Waals surface area contributed by atoms with Crippen LogP contribution in [0.25, 0.3) is 0 Å². The predicted molar refractivity (Wildman–Crippen MR) is 93.8 cm³/mol. The van der Waals surface area contributed by atoms with Crippen LogP contribution in [0.4, 0.5) is 5.82 Å². The fourth-order valence-corrected chi connectivity index (χ4v) is 2.95. The van der Waals surface area contributed by atoms with Gasteiger partial charge >= 0.3 is 5.82 Å². The number of rotatable bonds is 6. The third kappa shape index (κ3) is 4.62. The Morgan fingerprint density at radius 2 is 1.76 bits per heavy atom. The van der Waals surface area contributed by atoms with Gasteiger partial charge in [-0.05, 0) is 24.6 Å². The number of aromatic nitrogens is 1. The molecular weight excluding hydrogens is 318 g/mol. The minimum Gasteiger partial charge on any atom is -0.494 e. The van der Waals surface area contributed by atoms with Crippen LogP contribution < -0.4 is 14.4 Å². The van der Waals surface area contributed by atoms with Crippen LogP contribution in [0.1, 0.15) is 12.8 Å². The molecule has 3 rings (SSSR count). The topological polar surface area (TPSA) is 56.9 Å². The first-order valence-corrected chi connectivity index (χ1v) is 8.64. The summed E-state index contributed by atoms with van der Waals surface area (Å²) in [5.41, 5.74) is 0. The van der Waals surface area contributed by atoms with Crippen molar-refractivity contribution in [3.63, 3.8) is 0 Å². The Bertz CT molecular complexity index is 685. The lowest BCUT2D eigenvalue weighted by molar-refractivity contribution is -0.894. The summed E-state index contributed by atoms with van der Waals surface area (Å²) in [5, 5.41) is 9.86. The highest BCUT2D eigenvalue weighted by molar-refractivity contribution is 5.76. The molecule has 2 aromatic rings. The molecule has 0 atom stereocenters. The van der Waals surface area contributed by atoms with Crippen molar-refractivity contribution in [3.05, 3.63) is 54.7 Å². The zero-order valence-corrected chi connectivity index (χ0v) is 14.3. The van der Waals surface area contributed by atoms with E-state index in [-0.39, 0.29) is 5.91 Å². The number of benzene rings is 1. The van der Waals surface area contributed by atoms with E-state index in [1.165, 1.54) is 0 Å². The molecule has 1 fully saturated rings. The van der Waals surface area contributed by atoms with Crippen molar-refractivity contribution >= 4 is 11.7 Å². The van der Waals surface area contributed by atoms with Crippen LogP contribution in [0.15, 0.2) is 54.7 Å². The van der Waals surface area contributed by atoms with Crippen molar-refractivity contribution in [2.75, 3.05) is 37.7 Å². The number of hydrogen-bond acceptors (Lipinski definition) is 4. The summed E-state index contributed by atoms with van der Waals surface area (Å²) >= 11 is 0. The molecule has 6 nitrogen and oxygen atoms in total. The van der Waals surface area contributed by atoms with Gasteiger partial charge in [0.05, 0.1) is 19.7 Å². The van der Waals surface area contributed by atoms with E-state index >= 15 is 0 Å². The third-order valence-corrected chi connectivity index (χ3v) is 4.32. The van der Waals surface area contributed by atoms with Crippen LogP contribution in [0.5, 0.6) is 5.75 Å². The van der Waals surface area contributed by atoms with Crippen molar-refractivity contribution in [2.45, 2.75) is 12.8 Å². The lowest BCUT2D eigenvalue weighted by atomic mass is 10.2. The minimum atomic E-state index is 0.168. The molecule has 1 aliphatic rings. The summed E-state index contributed by atoms with van der Waals surface area (Å²) in [7, 11) is 0. The number of carbonyl (C=O) groups excluding carboxylic acids is 1. The standard InChI is InChI=1S/C19H24N3O3/c23-19(10-6-16-25-17-7-2-1-3-8-17)21-14-12-20(13-15-21)18-9-4-5-11-22(18)24/h1-5,7-9,11,24H,6,10,12-16H2/q+1. The lowest BCUT2D eigenvalue weighted by Gasteiger charge is -2.31. The number of hydrogen-bond donors (Lipinski definition) is 1. The van der Waals surface area contributed by atoms with Crippen molar-refractivity contribution < 1.29 is 19.5 Å². The van der Waals surface area contributed by atoms with Gasteiger partial charge in [0, 0.05) is 12.5 Å². The molecule has 1 N–H and O–H groups in total. The molecule has 1 saturated heterocycles. The number of amides is 1. The number of carbonyl (C=O) groups is 1. The van der Waals surface area contributed by atoms with Gasteiger partial charge in [-0.3, -0.25) is 9.69 Å². The Morgan fingerprint density at radius 1 is 1.04 bits per heavy atom. The Labute approximate surface area is 147 Å². The van der Waals surface area contributed by atoms with E-state index in [1.807, 2.05) is 47.4 Å². The van der Waals surface area contributed by atoms with Crippen LogP contribution >= 0.6 is 0 Å². The normalized spacial score (nSPS) is 14.4. The largest absolute Gasteiger partial charge is 0.494 e. The summed E-state index contributed by atoms with van der Waals surface area (Å²) in [4.78, 5) is 16.3.